The molecule has 1 rings (SSSR count). The number of benzene rings is 1. The summed E-state index contributed by atoms with van der Waals surface area (Å²) in [5.41, 5.74) is 14.4. The van der Waals surface area contributed by atoms with Gasteiger partial charge in [-0.3, -0.25) is 15.3 Å². The van der Waals surface area contributed by atoms with Crippen LogP contribution in [0.15, 0.2) is 24.3 Å². The number of hydrogen-bond donors (Lipinski definition) is 2. The first-order chi connectivity index (χ1) is 9.38. The van der Waals surface area contributed by atoms with E-state index in [1.165, 1.54) is 0 Å². The minimum Gasteiger partial charge on any atom is -0.326 e. The summed E-state index contributed by atoms with van der Waals surface area (Å²) < 4.78 is 0. The Bertz CT molecular complexity index is 460. The number of anilines is 1. The lowest BCUT2D eigenvalue weighted by molar-refractivity contribution is -0.119. The molecule has 0 bridgehead atoms. The number of nitrogens with two attached hydrogens (primary N) is 1. The van der Waals surface area contributed by atoms with E-state index in [-0.39, 0.29) is 35.4 Å². The van der Waals surface area contributed by atoms with Gasteiger partial charge in [-0.25, -0.2) is 0 Å². The SMILES string of the molecule is Br.CC(C)CC(=O)Nc1ccc(C(N)CCC([NH])=O)cc1. The summed E-state index contributed by atoms with van der Waals surface area (Å²) in [5.74, 6) is -0.278. The number of nitrogens with one attached hydrogen (secondary N) is 2. The molecule has 0 aromatic heterocycles. The maximum Gasteiger partial charge on any atom is 0.238 e. The van der Waals surface area contributed by atoms with Crippen molar-refractivity contribution in [1.29, 1.82) is 0 Å². The van der Waals surface area contributed by atoms with Gasteiger partial charge in [-0.1, -0.05) is 26.0 Å². The molecule has 6 heteroatoms. The molecule has 1 atom stereocenters. The highest BCUT2D eigenvalue weighted by Crippen LogP contribution is 2.18. The Balaban J connectivity index is 0.00000400. The van der Waals surface area contributed by atoms with E-state index < -0.39 is 5.91 Å². The van der Waals surface area contributed by atoms with Gasteiger partial charge >= 0.3 is 0 Å². The number of amides is 2. The van der Waals surface area contributed by atoms with Crippen molar-refractivity contribution in [2.45, 2.75) is 39.2 Å². The van der Waals surface area contributed by atoms with Crippen LogP contribution in [0.4, 0.5) is 5.69 Å². The lowest BCUT2D eigenvalue weighted by atomic mass is 10.0. The maximum absolute atomic E-state index is 11.6. The Morgan fingerprint density at radius 1 is 1.24 bits per heavy atom. The first-order valence-electron chi connectivity index (χ1n) is 6.78. The van der Waals surface area contributed by atoms with Crippen molar-refractivity contribution >= 4 is 34.5 Å². The van der Waals surface area contributed by atoms with Crippen molar-refractivity contribution in [2.75, 3.05) is 5.32 Å². The molecule has 1 aromatic rings. The highest BCUT2D eigenvalue weighted by Gasteiger charge is 2.09. The number of rotatable bonds is 7. The van der Waals surface area contributed by atoms with Crippen molar-refractivity contribution in [2.24, 2.45) is 11.7 Å². The van der Waals surface area contributed by atoms with Gasteiger partial charge in [0.15, 0.2) is 0 Å². The van der Waals surface area contributed by atoms with Crippen molar-refractivity contribution in [1.82, 2.24) is 5.73 Å². The second-order valence-corrected chi connectivity index (χ2v) is 5.34. The number of carbonyl (C=O) groups is 2. The van der Waals surface area contributed by atoms with Gasteiger partial charge in [-0.05, 0) is 30.0 Å². The first-order valence-corrected chi connectivity index (χ1v) is 6.78. The Kier molecular flexibility index (Phi) is 8.89. The van der Waals surface area contributed by atoms with Crippen molar-refractivity contribution in [3.63, 3.8) is 0 Å². The average Bonchev–Trinajstić information content (AvgIpc) is 2.35. The molecule has 0 heterocycles. The molecule has 1 radical (unpaired) electrons. The van der Waals surface area contributed by atoms with Crippen molar-refractivity contribution < 1.29 is 9.59 Å². The van der Waals surface area contributed by atoms with Gasteiger partial charge in [0.2, 0.25) is 11.8 Å². The molecule has 0 saturated carbocycles. The van der Waals surface area contributed by atoms with Crippen LogP contribution in [0.3, 0.4) is 0 Å². The average molecular weight is 357 g/mol. The summed E-state index contributed by atoms with van der Waals surface area (Å²) >= 11 is 0. The quantitative estimate of drug-likeness (QED) is 0.785. The third-order valence-electron chi connectivity index (χ3n) is 2.90. The van der Waals surface area contributed by atoms with Crippen LogP contribution in [0, 0.1) is 5.92 Å². The number of carbonyl (C=O) groups excluding carboxylic acids is 2. The summed E-state index contributed by atoms with van der Waals surface area (Å²) in [6, 6.07) is 7.02. The summed E-state index contributed by atoms with van der Waals surface area (Å²) in [6.07, 6.45) is 1.11. The number of hydrogen-bond acceptors (Lipinski definition) is 3. The molecule has 0 aliphatic rings. The van der Waals surface area contributed by atoms with Gasteiger partial charge in [0, 0.05) is 24.6 Å². The van der Waals surface area contributed by atoms with Gasteiger partial charge in [0.1, 0.15) is 0 Å². The molecule has 0 saturated heterocycles. The van der Waals surface area contributed by atoms with E-state index in [9.17, 15) is 9.59 Å². The van der Waals surface area contributed by atoms with E-state index in [1.807, 2.05) is 26.0 Å². The van der Waals surface area contributed by atoms with Crippen LogP contribution in [-0.2, 0) is 9.59 Å². The third-order valence-corrected chi connectivity index (χ3v) is 2.90. The summed E-state index contributed by atoms with van der Waals surface area (Å²) in [4.78, 5) is 22.2. The second-order valence-electron chi connectivity index (χ2n) is 5.34. The Hall–Kier alpha value is -1.40. The van der Waals surface area contributed by atoms with Crippen molar-refractivity contribution in [3.8, 4) is 0 Å². The predicted octanol–water partition coefficient (Wildman–Crippen LogP) is 2.84. The van der Waals surface area contributed by atoms with Crippen LogP contribution >= 0.6 is 17.0 Å². The van der Waals surface area contributed by atoms with E-state index in [0.29, 0.717) is 18.8 Å². The molecule has 0 aliphatic carbocycles. The predicted molar refractivity (Wildman–Crippen MR) is 89.1 cm³/mol. The van der Waals surface area contributed by atoms with Crippen LogP contribution in [0.1, 0.15) is 44.7 Å². The molecular formula is C15H23BrN3O2. The third kappa shape index (κ3) is 7.82. The second kappa shape index (κ2) is 9.52. The fraction of sp³-hybridized carbons (Fsp3) is 0.467. The standard InChI is InChI=1S/C15H22N3O2.BrH/c1-10(2)9-15(20)18-12-5-3-11(4-6-12)13(16)7-8-14(17)19;/h3-6,10,13,17H,7-9,16H2,1-2H3,(H,18,20);1H. The number of halogens is 1. The molecule has 1 aromatic carbocycles. The molecule has 2 amide bonds. The zero-order valence-electron chi connectivity index (χ0n) is 12.4. The minimum atomic E-state index is -0.599. The summed E-state index contributed by atoms with van der Waals surface area (Å²) in [5, 5.41) is 2.83. The maximum atomic E-state index is 11.6. The summed E-state index contributed by atoms with van der Waals surface area (Å²) in [6.45, 7) is 3.99. The van der Waals surface area contributed by atoms with Crippen LogP contribution in [0.25, 0.3) is 0 Å². The molecule has 0 fully saturated rings. The highest BCUT2D eigenvalue weighted by atomic mass is 79.9. The molecule has 1 unspecified atom stereocenters. The van der Waals surface area contributed by atoms with Gasteiger partial charge in [0.05, 0.1) is 0 Å². The zero-order chi connectivity index (χ0) is 15.1. The molecular weight excluding hydrogens is 334 g/mol. The minimum absolute atomic E-state index is 0. The monoisotopic (exact) mass is 356 g/mol. The fourth-order valence-corrected chi connectivity index (χ4v) is 1.85. The lowest BCUT2D eigenvalue weighted by Crippen LogP contribution is -2.15. The highest BCUT2D eigenvalue weighted by molar-refractivity contribution is 8.93. The van der Waals surface area contributed by atoms with Crippen LogP contribution in [-0.4, -0.2) is 11.8 Å². The van der Waals surface area contributed by atoms with Crippen LogP contribution < -0.4 is 16.8 Å². The molecule has 4 N–H and O–H groups in total. The van der Waals surface area contributed by atoms with E-state index in [2.05, 4.69) is 5.32 Å². The van der Waals surface area contributed by atoms with E-state index in [1.54, 1.807) is 12.1 Å². The Morgan fingerprint density at radius 2 is 1.81 bits per heavy atom. The van der Waals surface area contributed by atoms with E-state index in [4.69, 9.17) is 11.5 Å². The van der Waals surface area contributed by atoms with E-state index in [0.717, 1.165) is 11.3 Å². The molecule has 0 spiro atoms. The molecule has 21 heavy (non-hydrogen) atoms. The lowest BCUT2D eigenvalue weighted by Gasteiger charge is -2.12. The van der Waals surface area contributed by atoms with E-state index >= 15 is 0 Å². The smallest absolute Gasteiger partial charge is 0.238 e. The Labute approximate surface area is 136 Å². The fourth-order valence-electron chi connectivity index (χ4n) is 1.85. The van der Waals surface area contributed by atoms with Gasteiger partial charge in [-0.2, -0.15) is 0 Å². The normalized spacial score (nSPS) is 11.6. The summed E-state index contributed by atoms with van der Waals surface area (Å²) in [7, 11) is 0. The van der Waals surface area contributed by atoms with Crippen LogP contribution in [0.5, 0.6) is 0 Å². The largest absolute Gasteiger partial charge is 0.326 e. The van der Waals surface area contributed by atoms with Gasteiger partial charge in [0.25, 0.3) is 0 Å². The van der Waals surface area contributed by atoms with Gasteiger partial charge in [-0.15, -0.1) is 17.0 Å². The molecule has 117 valence electrons. The molecule has 0 aliphatic heterocycles. The molecule has 5 nitrogen and oxygen atoms in total. The van der Waals surface area contributed by atoms with Crippen LogP contribution in [0.2, 0.25) is 0 Å². The topological polar surface area (TPSA) is 96.0 Å². The van der Waals surface area contributed by atoms with Gasteiger partial charge < -0.3 is 11.1 Å². The first kappa shape index (κ1) is 19.6. The van der Waals surface area contributed by atoms with Crippen molar-refractivity contribution in [3.05, 3.63) is 29.8 Å². The Morgan fingerprint density at radius 3 is 2.29 bits per heavy atom. The zero-order valence-corrected chi connectivity index (χ0v) is 14.1.